The molecule has 6 nitrogen and oxygen atoms in total. The molecule has 2 atom stereocenters. The molecule has 0 saturated carbocycles. The van der Waals surface area contributed by atoms with E-state index in [1.165, 1.54) is 0 Å². The Labute approximate surface area is 99.1 Å². The Morgan fingerprint density at radius 3 is 1.65 bits per heavy atom. The highest BCUT2D eigenvalue weighted by Gasteiger charge is 2.63. The van der Waals surface area contributed by atoms with Gasteiger partial charge in [-0.3, -0.25) is 0 Å². The molecule has 1 heterocycles. The fraction of sp³-hybridized carbons (Fsp3) is 0.636. The molecule has 1 aliphatic carbocycles. The van der Waals surface area contributed by atoms with Crippen molar-refractivity contribution in [1.29, 1.82) is 0 Å². The average molecular weight is 240 g/mol. The smallest absolute Gasteiger partial charge is 0.427 e. The molecular formula is C11H16N2O4. The number of amides is 2. The summed E-state index contributed by atoms with van der Waals surface area (Å²) in [6.07, 6.45) is 2.91. The summed E-state index contributed by atoms with van der Waals surface area (Å²) in [5.74, 6) is 0. The number of hydrogen-bond donors (Lipinski definition) is 2. The van der Waals surface area contributed by atoms with E-state index < -0.39 is 23.3 Å². The molecule has 2 amide bonds. The van der Waals surface area contributed by atoms with Gasteiger partial charge in [0, 0.05) is 6.42 Å². The van der Waals surface area contributed by atoms with E-state index in [9.17, 15) is 19.8 Å². The highest BCUT2D eigenvalue weighted by Crippen LogP contribution is 2.51. The van der Waals surface area contributed by atoms with Gasteiger partial charge in [0.25, 0.3) is 0 Å². The van der Waals surface area contributed by atoms with Crippen LogP contribution in [0, 0.1) is 0 Å². The predicted molar refractivity (Wildman–Crippen MR) is 59.5 cm³/mol. The van der Waals surface area contributed by atoms with E-state index in [1.807, 2.05) is 26.0 Å². The van der Waals surface area contributed by atoms with Gasteiger partial charge in [-0.2, -0.15) is 0 Å². The lowest BCUT2D eigenvalue weighted by molar-refractivity contribution is -0.0389. The minimum Gasteiger partial charge on any atom is -0.464 e. The Morgan fingerprint density at radius 2 is 1.41 bits per heavy atom. The molecule has 2 N–H and O–H groups in total. The van der Waals surface area contributed by atoms with Crippen LogP contribution in [0.15, 0.2) is 12.2 Å². The summed E-state index contributed by atoms with van der Waals surface area (Å²) in [5, 5.41) is 20.4. The Bertz CT molecular complexity index is 372. The largest absolute Gasteiger partial charge is 0.464 e. The Morgan fingerprint density at radius 1 is 1.06 bits per heavy atom. The lowest BCUT2D eigenvalue weighted by atomic mass is 9.89. The van der Waals surface area contributed by atoms with Crippen LogP contribution in [0.5, 0.6) is 0 Å². The zero-order valence-electron chi connectivity index (χ0n) is 9.88. The van der Waals surface area contributed by atoms with Gasteiger partial charge in [-0.25, -0.2) is 19.6 Å². The molecular weight excluding hydrogens is 224 g/mol. The molecule has 2 unspecified atom stereocenters. The SMILES string of the molecule is CCC12C=CC(CC)(C1)N(C(=O)O)N2C(=O)O. The van der Waals surface area contributed by atoms with Crippen LogP contribution >= 0.6 is 0 Å². The van der Waals surface area contributed by atoms with Crippen molar-refractivity contribution >= 4 is 12.2 Å². The molecule has 1 saturated heterocycles. The van der Waals surface area contributed by atoms with Crippen molar-refractivity contribution in [3.8, 4) is 0 Å². The van der Waals surface area contributed by atoms with Gasteiger partial charge in [0.1, 0.15) is 0 Å². The topological polar surface area (TPSA) is 81.1 Å². The molecule has 0 aromatic heterocycles. The normalized spacial score (nSPS) is 34.5. The van der Waals surface area contributed by atoms with Crippen LogP contribution in [0.4, 0.5) is 9.59 Å². The summed E-state index contributed by atoms with van der Waals surface area (Å²) in [6, 6.07) is 0. The average Bonchev–Trinajstić information content (AvgIpc) is 2.80. The number of hydrazine groups is 1. The van der Waals surface area contributed by atoms with Gasteiger partial charge in [-0.05, 0) is 12.8 Å². The summed E-state index contributed by atoms with van der Waals surface area (Å²) in [4.78, 5) is 22.6. The first kappa shape index (κ1) is 11.8. The second-order valence-electron chi connectivity index (χ2n) is 4.61. The van der Waals surface area contributed by atoms with Crippen molar-refractivity contribution in [2.45, 2.75) is 44.2 Å². The molecule has 1 aliphatic heterocycles. The molecule has 2 aliphatic rings. The molecule has 17 heavy (non-hydrogen) atoms. The third kappa shape index (κ3) is 1.26. The van der Waals surface area contributed by atoms with Gasteiger partial charge in [-0.15, -0.1) is 0 Å². The van der Waals surface area contributed by atoms with Crippen molar-refractivity contribution < 1.29 is 19.8 Å². The fourth-order valence-corrected chi connectivity index (χ4v) is 2.98. The number of rotatable bonds is 2. The first-order chi connectivity index (χ1) is 7.92. The van der Waals surface area contributed by atoms with Crippen molar-refractivity contribution in [2.24, 2.45) is 0 Å². The summed E-state index contributed by atoms with van der Waals surface area (Å²) in [7, 11) is 0. The van der Waals surface area contributed by atoms with E-state index in [2.05, 4.69) is 0 Å². The van der Waals surface area contributed by atoms with Gasteiger partial charge in [0.05, 0.1) is 11.1 Å². The van der Waals surface area contributed by atoms with Crippen LogP contribution in [0.1, 0.15) is 33.1 Å². The molecule has 0 radical (unpaired) electrons. The maximum Gasteiger partial charge on any atom is 0.427 e. The Balaban J connectivity index is 2.54. The minimum atomic E-state index is -1.21. The van der Waals surface area contributed by atoms with E-state index in [0.29, 0.717) is 19.3 Å². The van der Waals surface area contributed by atoms with Crippen LogP contribution in [-0.2, 0) is 0 Å². The summed E-state index contributed by atoms with van der Waals surface area (Å²) in [5.41, 5.74) is -1.39. The van der Waals surface area contributed by atoms with Gasteiger partial charge < -0.3 is 10.2 Å². The van der Waals surface area contributed by atoms with Crippen LogP contribution in [0.2, 0.25) is 0 Å². The van der Waals surface area contributed by atoms with Crippen LogP contribution in [0.3, 0.4) is 0 Å². The van der Waals surface area contributed by atoms with Crippen molar-refractivity contribution in [1.82, 2.24) is 10.0 Å². The summed E-state index contributed by atoms with van der Waals surface area (Å²) >= 11 is 0. The second-order valence-corrected chi connectivity index (χ2v) is 4.61. The predicted octanol–water partition coefficient (Wildman–Crippen LogP) is 2.13. The number of carboxylic acid groups (broad SMARTS) is 2. The zero-order valence-corrected chi connectivity index (χ0v) is 9.88. The van der Waals surface area contributed by atoms with Gasteiger partial charge in [0.15, 0.2) is 0 Å². The van der Waals surface area contributed by atoms with Crippen molar-refractivity contribution in [2.75, 3.05) is 0 Å². The minimum absolute atomic E-state index is 0.519. The molecule has 2 bridgehead atoms. The third-order valence-electron chi connectivity index (χ3n) is 3.95. The summed E-state index contributed by atoms with van der Waals surface area (Å²) < 4.78 is 0. The van der Waals surface area contributed by atoms with Gasteiger partial charge in [-0.1, -0.05) is 26.0 Å². The quantitative estimate of drug-likeness (QED) is 0.724. The number of nitrogens with zero attached hydrogens (tertiary/aromatic N) is 2. The first-order valence-electron chi connectivity index (χ1n) is 5.69. The van der Waals surface area contributed by atoms with Crippen LogP contribution in [0.25, 0.3) is 0 Å². The molecule has 6 heteroatoms. The third-order valence-corrected chi connectivity index (χ3v) is 3.95. The molecule has 0 aromatic carbocycles. The van der Waals surface area contributed by atoms with Crippen molar-refractivity contribution in [3.63, 3.8) is 0 Å². The maximum absolute atomic E-state index is 11.3. The summed E-state index contributed by atoms with van der Waals surface area (Å²) in [6.45, 7) is 3.74. The van der Waals surface area contributed by atoms with Gasteiger partial charge in [0.2, 0.25) is 0 Å². The van der Waals surface area contributed by atoms with Crippen LogP contribution in [-0.4, -0.2) is 43.5 Å². The molecule has 94 valence electrons. The maximum atomic E-state index is 11.3. The molecule has 0 aromatic rings. The first-order valence-corrected chi connectivity index (χ1v) is 5.69. The molecule has 1 fully saturated rings. The van der Waals surface area contributed by atoms with E-state index in [1.54, 1.807) is 0 Å². The standard InChI is InChI=1S/C11H16N2O4/c1-3-10-5-6-11(4-2,7-10)13(9(16)17)12(10)8(14)15/h5-6H,3-4,7H2,1-2H3,(H,14,15)(H,16,17). The number of hydrogen-bond acceptors (Lipinski definition) is 2. The zero-order chi connectivity index (χ0) is 12.8. The van der Waals surface area contributed by atoms with E-state index in [-0.39, 0.29) is 0 Å². The fourth-order valence-electron chi connectivity index (χ4n) is 2.98. The monoisotopic (exact) mass is 240 g/mol. The van der Waals surface area contributed by atoms with Crippen LogP contribution < -0.4 is 0 Å². The van der Waals surface area contributed by atoms with Gasteiger partial charge >= 0.3 is 12.2 Å². The van der Waals surface area contributed by atoms with E-state index in [4.69, 9.17) is 0 Å². The molecule has 0 spiro atoms. The highest BCUT2D eigenvalue weighted by atomic mass is 16.4. The number of carbonyl (C=O) groups is 2. The van der Waals surface area contributed by atoms with Crippen molar-refractivity contribution in [3.05, 3.63) is 12.2 Å². The molecule has 2 rings (SSSR count). The lowest BCUT2D eigenvalue weighted by Crippen LogP contribution is -2.58. The lowest BCUT2D eigenvalue weighted by Gasteiger charge is -2.41. The van der Waals surface area contributed by atoms with E-state index in [0.717, 1.165) is 10.0 Å². The van der Waals surface area contributed by atoms with E-state index >= 15 is 0 Å². The Kier molecular flexibility index (Phi) is 2.34. The Hall–Kier alpha value is -1.72. The second kappa shape index (κ2) is 3.38. The number of fused-ring (bicyclic) bond motifs is 2. The highest BCUT2D eigenvalue weighted by molar-refractivity contribution is 5.76.